The standard InChI is InChI=1S/C26H30N2O5S/c1-19-13-15-22(16-14-19)34(30,31)28(23-10-6-8-12-25(23)32-4)17-26(29)27-21(3)18-33-24-11-7-5-9-20(24)2/h5-16,21H,17-18H2,1-4H3,(H,27,29). The highest BCUT2D eigenvalue weighted by molar-refractivity contribution is 7.92. The molecule has 0 saturated heterocycles. The summed E-state index contributed by atoms with van der Waals surface area (Å²) in [4.78, 5) is 13.0. The fraction of sp³-hybridized carbons (Fsp3) is 0.269. The van der Waals surface area contributed by atoms with Crippen LogP contribution >= 0.6 is 0 Å². The van der Waals surface area contributed by atoms with Crippen molar-refractivity contribution in [3.63, 3.8) is 0 Å². The number of hydrogen-bond donors (Lipinski definition) is 1. The second kappa shape index (κ2) is 11.1. The van der Waals surface area contributed by atoms with Gasteiger partial charge in [0.05, 0.1) is 23.7 Å². The number of carbonyl (C=O) groups is 1. The molecule has 1 unspecified atom stereocenters. The van der Waals surface area contributed by atoms with E-state index in [1.54, 1.807) is 43.3 Å². The van der Waals surface area contributed by atoms with E-state index in [9.17, 15) is 13.2 Å². The zero-order chi connectivity index (χ0) is 24.7. The van der Waals surface area contributed by atoms with Crippen LogP contribution < -0.4 is 19.1 Å². The Morgan fingerprint density at radius 1 is 0.941 bits per heavy atom. The molecule has 0 bridgehead atoms. The number of para-hydroxylation sites is 3. The highest BCUT2D eigenvalue weighted by Crippen LogP contribution is 2.32. The van der Waals surface area contributed by atoms with Crippen LogP contribution in [0.15, 0.2) is 77.7 Å². The normalized spacial score (nSPS) is 12.0. The van der Waals surface area contributed by atoms with Crippen LogP contribution in [0.3, 0.4) is 0 Å². The molecule has 0 radical (unpaired) electrons. The Kier molecular flexibility index (Phi) is 8.17. The third-order valence-corrected chi connectivity index (χ3v) is 7.01. The molecule has 1 atom stereocenters. The van der Waals surface area contributed by atoms with Crippen LogP contribution in [0.25, 0.3) is 0 Å². The van der Waals surface area contributed by atoms with E-state index in [-0.39, 0.29) is 23.2 Å². The number of nitrogens with zero attached hydrogens (tertiary/aromatic N) is 1. The molecule has 0 spiro atoms. The SMILES string of the molecule is COc1ccccc1N(CC(=O)NC(C)COc1ccccc1C)S(=O)(=O)c1ccc(C)cc1. The lowest BCUT2D eigenvalue weighted by molar-refractivity contribution is -0.120. The number of sulfonamides is 1. The van der Waals surface area contributed by atoms with E-state index >= 15 is 0 Å². The summed E-state index contributed by atoms with van der Waals surface area (Å²) in [7, 11) is -2.58. The molecule has 0 aliphatic rings. The van der Waals surface area contributed by atoms with Gasteiger partial charge in [0.25, 0.3) is 10.0 Å². The van der Waals surface area contributed by atoms with Crippen molar-refractivity contribution in [1.29, 1.82) is 0 Å². The average Bonchev–Trinajstić information content (AvgIpc) is 2.82. The molecule has 3 rings (SSSR count). The van der Waals surface area contributed by atoms with Crippen LogP contribution in [0.2, 0.25) is 0 Å². The monoisotopic (exact) mass is 482 g/mol. The summed E-state index contributed by atoms with van der Waals surface area (Å²) in [6.45, 7) is 5.46. The molecule has 1 amide bonds. The summed E-state index contributed by atoms with van der Waals surface area (Å²) >= 11 is 0. The van der Waals surface area contributed by atoms with Gasteiger partial charge in [-0.15, -0.1) is 0 Å². The van der Waals surface area contributed by atoms with Crippen molar-refractivity contribution >= 4 is 21.6 Å². The van der Waals surface area contributed by atoms with Gasteiger partial charge in [0.2, 0.25) is 5.91 Å². The maximum Gasteiger partial charge on any atom is 0.264 e. The highest BCUT2D eigenvalue weighted by atomic mass is 32.2. The summed E-state index contributed by atoms with van der Waals surface area (Å²) in [5.74, 6) is 0.630. The van der Waals surface area contributed by atoms with Gasteiger partial charge in [-0.2, -0.15) is 0 Å². The van der Waals surface area contributed by atoms with Crippen molar-refractivity contribution in [3.05, 3.63) is 83.9 Å². The second-order valence-corrected chi connectivity index (χ2v) is 9.90. The van der Waals surface area contributed by atoms with Gasteiger partial charge in [-0.05, 0) is 56.7 Å². The lowest BCUT2D eigenvalue weighted by Gasteiger charge is -2.26. The fourth-order valence-electron chi connectivity index (χ4n) is 3.40. The molecule has 0 aromatic heterocycles. The van der Waals surface area contributed by atoms with E-state index < -0.39 is 22.5 Å². The molecule has 180 valence electrons. The number of methoxy groups -OCH3 is 1. The third kappa shape index (κ3) is 6.08. The van der Waals surface area contributed by atoms with Gasteiger partial charge in [0, 0.05) is 0 Å². The Bertz CT molecular complexity index is 1230. The minimum Gasteiger partial charge on any atom is -0.495 e. The average molecular weight is 483 g/mol. The first-order valence-electron chi connectivity index (χ1n) is 10.9. The van der Waals surface area contributed by atoms with Gasteiger partial charge >= 0.3 is 0 Å². The van der Waals surface area contributed by atoms with Crippen molar-refractivity contribution in [2.45, 2.75) is 31.7 Å². The maximum absolute atomic E-state index is 13.5. The van der Waals surface area contributed by atoms with Crippen molar-refractivity contribution in [2.24, 2.45) is 0 Å². The molecule has 0 aliphatic heterocycles. The molecule has 0 heterocycles. The van der Waals surface area contributed by atoms with Gasteiger partial charge < -0.3 is 14.8 Å². The molecule has 1 N–H and O–H groups in total. The van der Waals surface area contributed by atoms with Crippen LogP contribution in [0.1, 0.15) is 18.1 Å². The second-order valence-electron chi connectivity index (χ2n) is 8.04. The molecular formula is C26H30N2O5S. The Morgan fingerprint density at radius 3 is 2.21 bits per heavy atom. The lowest BCUT2D eigenvalue weighted by Crippen LogP contribution is -2.45. The predicted octanol–water partition coefficient (Wildman–Crippen LogP) is 4.09. The smallest absolute Gasteiger partial charge is 0.264 e. The minimum atomic E-state index is -4.03. The molecule has 0 fully saturated rings. The Balaban J connectivity index is 1.80. The molecule has 34 heavy (non-hydrogen) atoms. The van der Waals surface area contributed by atoms with E-state index in [0.29, 0.717) is 5.75 Å². The largest absolute Gasteiger partial charge is 0.495 e. The third-order valence-electron chi connectivity index (χ3n) is 5.24. The molecule has 0 saturated carbocycles. The number of amides is 1. The summed E-state index contributed by atoms with van der Waals surface area (Å²) < 4.78 is 39.4. The zero-order valence-electron chi connectivity index (χ0n) is 19.8. The Hall–Kier alpha value is -3.52. The van der Waals surface area contributed by atoms with Gasteiger partial charge in [0.15, 0.2) is 0 Å². The number of ether oxygens (including phenoxy) is 2. The number of aryl methyl sites for hydroxylation is 2. The van der Waals surface area contributed by atoms with E-state index in [1.165, 1.54) is 19.2 Å². The van der Waals surface area contributed by atoms with E-state index in [0.717, 1.165) is 21.2 Å². The van der Waals surface area contributed by atoms with Crippen LogP contribution in [-0.2, 0) is 14.8 Å². The summed E-state index contributed by atoms with van der Waals surface area (Å²) in [6.07, 6.45) is 0. The highest BCUT2D eigenvalue weighted by Gasteiger charge is 2.29. The number of benzene rings is 3. The number of carbonyl (C=O) groups excluding carboxylic acids is 1. The first-order valence-corrected chi connectivity index (χ1v) is 12.4. The number of nitrogens with one attached hydrogen (secondary N) is 1. The summed E-state index contributed by atoms with van der Waals surface area (Å²) in [5.41, 5.74) is 2.21. The first-order chi connectivity index (χ1) is 16.2. The van der Waals surface area contributed by atoms with Crippen LogP contribution in [0.5, 0.6) is 11.5 Å². The minimum absolute atomic E-state index is 0.0905. The Labute approximate surface area is 201 Å². The van der Waals surface area contributed by atoms with Crippen LogP contribution in [0.4, 0.5) is 5.69 Å². The first kappa shape index (κ1) is 25.1. The number of hydrogen-bond acceptors (Lipinski definition) is 5. The fourth-order valence-corrected chi connectivity index (χ4v) is 4.83. The molecule has 3 aromatic carbocycles. The van der Waals surface area contributed by atoms with Crippen molar-refractivity contribution in [2.75, 3.05) is 24.6 Å². The maximum atomic E-state index is 13.5. The number of anilines is 1. The van der Waals surface area contributed by atoms with Gasteiger partial charge in [0.1, 0.15) is 24.7 Å². The van der Waals surface area contributed by atoms with E-state index in [4.69, 9.17) is 9.47 Å². The quantitative estimate of drug-likeness (QED) is 0.471. The van der Waals surface area contributed by atoms with Crippen molar-refractivity contribution in [1.82, 2.24) is 5.32 Å². The van der Waals surface area contributed by atoms with Crippen LogP contribution in [0, 0.1) is 13.8 Å². The predicted molar refractivity (Wildman–Crippen MR) is 133 cm³/mol. The topological polar surface area (TPSA) is 84.9 Å². The summed E-state index contributed by atoms with van der Waals surface area (Å²) in [6, 6.07) is 20.5. The summed E-state index contributed by atoms with van der Waals surface area (Å²) in [5, 5.41) is 2.83. The molecular weight excluding hydrogens is 452 g/mol. The van der Waals surface area contributed by atoms with Gasteiger partial charge in [-0.25, -0.2) is 8.42 Å². The van der Waals surface area contributed by atoms with Gasteiger partial charge in [-0.1, -0.05) is 48.0 Å². The van der Waals surface area contributed by atoms with E-state index in [1.807, 2.05) is 38.1 Å². The molecule has 8 heteroatoms. The molecule has 7 nitrogen and oxygen atoms in total. The van der Waals surface area contributed by atoms with Crippen molar-refractivity contribution < 1.29 is 22.7 Å². The zero-order valence-corrected chi connectivity index (χ0v) is 20.6. The Morgan fingerprint density at radius 2 is 1.56 bits per heavy atom. The molecule has 3 aromatic rings. The number of rotatable bonds is 10. The van der Waals surface area contributed by atoms with E-state index in [2.05, 4.69) is 5.32 Å². The lowest BCUT2D eigenvalue weighted by atomic mass is 10.2. The van der Waals surface area contributed by atoms with Gasteiger partial charge in [-0.3, -0.25) is 9.10 Å². The van der Waals surface area contributed by atoms with Crippen molar-refractivity contribution in [3.8, 4) is 11.5 Å². The van der Waals surface area contributed by atoms with Crippen LogP contribution in [-0.4, -0.2) is 40.6 Å². The molecule has 0 aliphatic carbocycles.